The Kier molecular flexibility index (Phi) is 3.46. The van der Waals surface area contributed by atoms with E-state index in [0.717, 1.165) is 12.0 Å². The molecule has 0 aromatic heterocycles. The van der Waals surface area contributed by atoms with E-state index < -0.39 is 0 Å². The van der Waals surface area contributed by atoms with E-state index in [4.69, 9.17) is 0 Å². The van der Waals surface area contributed by atoms with Gasteiger partial charge in [0.15, 0.2) is 0 Å². The normalized spacial score (nSPS) is 41.6. The lowest BCUT2D eigenvalue weighted by Crippen LogP contribution is -2.58. The monoisotopic (exact) mass is 223 g/mol. The smallest absolute Gasteiger partial charge is 0.0252 e. The third kappa shape index (κ3) is 2.27. The van der Waals surface area contributed by atoms with Crippen LogP contribution in [0.4, 0.5) is 0 Å². The number of hydrogen-bond donors (Lipinski definition) is 1. The van der Waals surface area contributed by atoms with Gasteiger partial charge in [-0.3, -0.25) is 4.90 Å². The van der Waals surface area contributed by atoms with E-state index in [2.05, 4.69) is 15.1 Å². The quantitative estimate of drug-likeness (QED) is 0.708. The lowest BCUT2D eigenvalue weighted by Gasteiger charge is -2.49. The molecule has 4 heterocycles. The van der Waals surface area contributed by atoms with Crippen LogP contribution in [0.1, 0.15) is 25.7 Å². The molecule has 1 N–H and O–H groups in total. The number of nitrogens with zero attached hydrogens (tertiary/aromatic N) is 2. The fourth-order valence-corrected chi connectivity index (χ4v) is 3.73. The van der Waals surface area contributed by atoms with Gasteiger partial charge in [-0.05, 0) is 70.9 Å². The summed E-state index contributed by atoms with van der Waals surface area (Å²) >= 11 is 0. The summed E-state index contributed by atoms with van der Waals surface area (Å²) in [5.41, 5.74) is 0. The molecule has 1 unspecified atom stereocenters. The number of nitrogens with one attached hydrogen (secondary N) is 1. The van der Waals surface area contributed by atoms with Crippen LogP contribution in [0.15, 0.2) is 0 Å². The molecule has 4 aliphatic heterocycles. The van der Waals surface area contributed by atoms with Gasteiger partial charge < -0.3 is 10.2 Å². The zero-order valence-corrected chi connectivity index (χ0v) is 10.3. The van der Waals surface area contributed by atoms with Crippen molar-refractivity contribution >= 4 is 0 Å². The highest BCUT2D eigenvalue weighted by Crippen LogP contribution is 2.31. The van der Waals surface area contributed by atoms with Crippen molar-refractivity contribution in [3.05, 3.63) is 0 Å². The topological polar surface area (TPSA) is 18.5 Å². The molecule has 1 atom stereocenters. The van der Waals surface area contributed by atoms with Crippen molar-refractivity contribution in [3.8, 4) is 0 Å². The first kappa shape index (κ1) is 11.0. The lowest BCUT2D eigenvalue weighted by atomic mass is 9.83. The molecule has 3 nitrogen and oxygen atoms in total. The van der Waals surface area contributed by atoms with E-state index in [-0.39, 0.29) is 0 Å². The molecule has 0 radical (unpaired) electrons. The first-order valence-electron chi connectivity index (χ1n) is 7.10. The van der Waals surface area contributed by atoms with Crippen molar-refractivity contribution in [1.29, 1.82) is 0 Å². The maximum Gasteiger partial charge on any atom is 0.0252 e. The Balaban J connectivity index is 1.61. The van der Waals surface area contributed by atoms with Crippen LogP contribution in [0.5, 0.6) is 0 Å². The predicted molar refractivity (Wildman–Crippen MR) is 66.6 cm³/mol. The molecule has 0 aromatic rings. The van der Waals surface area contributed by atoms with Gasteiger partial charge in [0.05, 0.1) is 0 Å². The summed E-state index contributed by atoms with van der Waals surface area (Å²) in [6, 6.07) is 0.889. The molecular formula is C13H25N3. The Morgan fingerprint density at radius 2 is 1.56 bits per heavy atom. The van der Waals surface area contributed by atoms with E-state index in [9.17, 15) is 0 Å². The highest BCUT2D eigenvalue weighted by Gasteiger charge is 2.37. The van der Waals surface area contributed by atoms with Crippen molar-refractivity contribution < 1.29 is 0 Å². The van der Waals surface area contributed by atoms with Gasteiger partial charge in [0.2, 0.25) is 0 Å². The Hall–Kier alpha value is -0.120. The molecule has 0 amide bonds. The average molecular weight is 223 g/mol. The lowest BCUT2D eigenvalue weighted by molar-refractivity contribution is 0.00294. The van der Waals surface area contributed by atoms with Gasteiger partial charge in [-0.1, -0.05) is 0 Å². The standard InChI is InChI=1S/C13H25N3/c1-5-14-6-2-8-16(7-1)13-11-15-9-3-12(13)4-10-15/h12-14H,1-11H2. The highest BCUT2D eigenvalue weighted by molar-refractivity contribution is 4.92. The summed E-state index contributed by atoms with van der Waals surface area (Å²) in [7, 11) is 0. The summed E-state index contributed by atoms with van der Waals surface area (Å²) in [5, 5.41) is 3.51. The van der Waals surface area contributed by atoms with E-state index in [1.807, 2.05) is 0 Å². The van der Waals surface area contributed by atoms with Gasteiger partial charge in [0.1, 0.15) is 0 Å². The summed E-state index contributed by atoms with van der Waals surface area (Å²) in [6.07, 6.45) is 5.59. The van der Waals surface area contributed by atoms with Crippen LogP contribution >= 0.6 is 0 Å². The molecule has 4 aliphatic rings. The molecule has 4 fully saturated rings. The first-order chi connectivity index (χ1) is 7.93. The molecule has 0 saturated carbocycles. The van der Waals surface area contributed by atoms with E-state index in [1.54, 1.807) is 0 Å². The molecule has 0 aliphatic carbocycles. The predicted octanol–water partition coefficient (Wildman–Crippen LogP) is 0.766. The SMILES string of the molecule is C1CNCCCN(C2CN3CCC2CC3)C1. The third-order valence-corrected chi connectivity index (χ3v) is 4.69. The Labute approximate surface area is 99.2 Å². The van der Waals surface area contributed by atoms with Crippen molar-refractivity contribution in [2.75, 3.05) is 45.8 Å². The zero-order chi connectivity index (χ0) is 10.8. The van der Waals surface area contributed by atoms with Crippen molar-refractivity contribution in [1.82, 2.24) is 15.1 Å². The molecular weight excluding hydrogens is 198 g/mol. The summed E-state index contributed by atoms with van der Waals surface area (Å²) in [6.45, 7) is 9.18. The third-order valence-electron chi connectivity index (χ3n) is 4.69. The summed E-state index contributed by atoms with van der Waals surface area (Å²) in [5.74, 6) is 1.01. The van der Waals surface area contributed by atoms with Crippen LogP contribution in [0, 0.1) is 5.92 Å². The van der Waals surface area contributed by atoms with E-state index in [0.29, 0.717) is 0 Å². The summed E-state index contributed by atoms with van der Waals surface area (Å²) in [4.78, 5) is 5.48. The molecule has 0 aromatic carbocycles. The van der Waals surface area contributed by atoms with Gasteiger partial charge in [-0.25, -0.2) is 0 Å². The number of fused-ring (bicyclic) bond motifs is 3. The van der Waals surface area contributed by atoms with Crippen molar-refractivity contribution in [2.24, 2.45) is 5.92 Å². The number of hydrogen-bond acceptors (Lipinski definition) is 3. The largest absolute Gasteiger partial charge is 0.317 e. The maximum absolute atomic E-state index is 3.51. The molecule has 0 spiro atoms. The van der Waals surface area contributed by atoms with Crippen LogP contribution in [0.25, 0.3) is 0 Å². The summed E-state index contributed by atoms with van der Waals surface area (Å²) < 4.78 is 0. The second kappa shape index (κ2) is 5.03. The number of piperidine rings is 3. The van der Waals surface area contributed by atoms with Gasteiger partial charge >= 0.3 is 0 Å². The average Bonchev–Trinajstić information content (AvgIpc) is 2.30. The molecule has 16 heavy (non-hydrogen) atoms. The first-order valence-corrected chi connectivity index (χ1v) is 7.10. The van der Waals surface area contributed by atoms with Gasteiger partial charge in [-0.2, -0.15) is 0 Å². The fraction of sp³-hybridized carbons (Fsp3) is 1.00. The number of rotatable bonds is 1. The minimum Gasteiger partial charge on any atom is -0.317 e. The van der Waals surface area contributed by atoms with Gasteiger partial charge in [0, 0.05) is 12.6 Å². The van der Waals surface area contributed by atoms with E-state index in [1.165, 1.54) is 71.5 Å². The molecule has 3 heteroatoms. The van der Waals surface area contributed by atoms with Crippen LogP contribution < -0.4 is 5.32 Å². The second-order valence-corrected chi connectivity index (χ2v) is 5.70. The van der Waals surface area contributed by atoms with E-state index >= 15 is 0 Å². The zero-order valence-electron chi connectivity index (χ0n) is 10.3. The Morgan fingerprint density at radius 1 is 0.875 bits per heavy atom. The van der Waals surface area contributed by atoms with Crippen molar-refractivity contribution in [2.45, 2.75) is 31.7 Å². The molecule has 92 valence electrons. The molecule has 4 rings (SSSR count). The minimum atomic E-state index is 0.889. The van der Waals surface area contributed by atoms with Crippen LogP contribution in [-0.2, 0) is 0 Å². The van der Waals surface area contributed by atoms with Crippen LogP contribution in [-0.4, -0.2) is 61.7 Å². The highest BCUT2D eigenvalue weighted by atomic mass is 15.3. The second-order valence-electron chi connectivity index (χ2n) is 5.70. The minimum absolute atomic E-state index is 0.889. The van der Waals surface area contributed by atoms with Gasteiger partial charge in [-0.15, -0.1) is 0 Å². The Bertz CT molecular complexity index is 215. The van der Waals surface area contributed by atoms with Gasteiger partial charge in [0.25, 0.3) is 0 Å². The molecule has 2 bridgehead atoms. The van der Waals surface area contributed by atoms with Crippen LogP contribution in [0.2, 0.25) is 0 Å². The maximum atomic E-state index is 3.51. The fourth-order valence-electron chi connectivity index (χ4n) is 3.73. The Morgan fingerprint density at radius 3 is 2.12 bits per heavy atom. The van der Waals surface area contributed by atoms with Crippen molar-refractivity contribution in [3.63, 3.8) is 0 Å². The molecule has 4 saturated heterocycles. The van der Waals surface area contributed by atoms with Crippen LogP contribution in [0.3, 0.4) is 0 Å².